The number of rotatable bonds is 8. The molecule has 1 unspecified atom stereocenters. The molecule has 1 aliphatic rings. The van der Waals surface area contributed by atoms with Crippen molar-refractivity contribution < 1.29 is 33.6 Å². The average Bonchev–Trinajstić information content (AvgIpc) is 3.33. The zero-order valence-corrected chi connectivity index (χ0v) is 18.9. The Kier molecular flexibility index (Phi) is 5.97. The third-order valence-electron chi connectivity index (χ3n) is 5.75. The minimum absolute atomic E-state index is 0.140. The van der Waals surface area contributed by atoms with E-state index in [0.717, 1.165) is 16.3 Å². The molecule has 4 aromatic rings. The summed E-state index contributed by atoms with van der Waals surface area (Å²) in [5.74, 6) is 0.502. The highest BCUT2D eigenvalue weighted by molar-refractivity contribution is 5.97. The highest BCUT2D eigenvalue weighted by Gasteiger charge is 2.26. The molecule has 0 aromatic heterocycles. The van der Waals surface area contributed by atoms with Crippen molar-refractivity contribution >= 4 is 22.5 Å². The first-order valence-electron chi connectivity index (χ1n) is 11.0. The maximum absolute atomic E-state index is 12.3. The Balaban J connectivity index is 1.43. The SMILES string of the molecule is CC(=O)c1ccc(OCc2ccc3c(c2)OCO3)cc1OC(C(=O)O)c1cccc2ccccc12. The molecule has 5 rings (SSSR count). The van der Waals surface area contributed by atoms with E-state index in [1.165, 1.54) is 6.92 Å². The number of Topliss-reactive ketones (excluding diaryl/α,β-unsaturated/α-hetero) is 1. The minimum atomic E-state index is -1.32. The van der Waals surface area contributed by atoms with Gasteiger partial charge in [-0.2, -0.15) is 0 Å². The Morgan fingerprint density at radius 1 is 0.943 bits per heavy atom. The molecular formula is C28H22O7. The lowest BCUT2D eigenvalue weighted by atomic mass is 10.00. The van der Waals surface area contributed by atoms with Crippen LogP contribution in [0.1, 0.15) is 34.5 Å². The lowest BCUT2D eigenvalue weighted by molar-refractivity contribution is -0.145. The van der Waals surface area contributed by atoms with Crippen molar-refractivity contribution in [1.29, 1.82) is 0 Å². The summed E-state index contributed by atoms with van der Waals surface area (Å²) in [6, 6.07) is 23.2. The van der Waals surface area contributed by atoms with Gasteiger partial charge in [0.25, 0.3) is 0 Å². The van der Waals surface area contributed by atoms with E-state index in [1.807, 2.05) is 48.5 Å². The second kappa shape index (κ2) is 9.38. The Bertz CT molecular complexity index is 1420. The smallest absolute Gasteiger partial charge is 0.349 e. The van der Waals surface area contributed by atoms with Gasteiger partial charge in [-0.15, -0.1) is 0 Å². The van der Waals surface area contributed by atoms with Gasteiger partial charge in [-0.1, -0.05) is 48.5 Å². The van der Waals surface area contributed by atoms with Crippen molar-refractivity contribution in [3.05, 3.63) is 95.6 Å². The van der Waals surface area contributed by atoms with Crippen LogP contribution in [0.2, 0.25) is 0 Å². The highest BCUT2D eigenvalue weighted by atomic mass is 16.7. The number of carbonyl (C=O) groups is 2. The van der Waals surface area contributed by atoms with E-state index in [4.69, 9.17) is 18.9 Å². The summed E-state index contributed by atoms with van der Waals surface area (Å²) in [4.78, 5) is 24.5. The molecule has 0 radical (unpaired) electrons. The van der Waals surface area contributed by atoms with Crippen molar-refractivity contribution in [2.45, 2.75) is 19.6 Å². The fourth-order valence-corrected chi connectivity index (χ4v) is 4.03. The summed E-state index contributed by atoms with van der Waals surface area (Å²) in [6.07, 6.45) is -1.32. The van der Waals surface area contributed by atoms with E-state index in [0.29, 0.717) is 22.8 Å². The summed E-state index contributed by atoms with van der Waals surface area (Å²) in [5.41, 5.74) is 1.63. The lowest BCUT2D eigenvalue weighted by Crippen LogP contribution is -2.19. The van der Waals surface area contributed by atoms with Gasteiger partial charge in [0.15, 0.2) is 17.3 Å². The van der Waals surface area contributed by atoms with Crippen LogP contribution in [-0.2, 0) is 11.4 Å². The molecule has 0 aliphatic carbocycles. The molecule has 176 valence electrons. The Labute approximate surface area is 201 Å². The summed E-state index contributed by atoms with van der Waals surface area (Å²) in [5, 5.41) is 11.7. The van der Waals surface area contributed by atoms with Gasteiger partial charge in [0, 0.05) is 11.6 Å². The average molecular weight is 470 g/mol. The molecule has 1 atom stereocenters. The van der Waals surface area contributed by atoms with E-state index < -0.39 is 12.1 Å². The predicted octanol–water partition coefficient (Wildman–Crippen LogP) is 5.55. The second-order valence-electron chi connectivity index (χ2n) is 8.09. The number of hydrogen-bond acceptors (Lipinski definition) is 6. The van der Waals surface area contributed by atoms with Gasteiger partial charge in [-0.25, -0.2) is 4.79 Å². The Morgan fingerprint density at radius 2 is 1.74 bits per heavy atom. The number of hydrogen-bond donors (Lipinski definition) is 1. The number of aliphatic carboxylic acids is 1. The number of ketones is 1. The number of benzene rings is 4. The fraction of sp³-hybridized carbons (Fsp3) is 0.143. The van der Waals surface area contributed by atoms with Crippen molar-refractivity contribution in [3.8, 4) is 23.0 Å². The van der Waals surface area contributed by atoms with Crippen LogP contribution < -0.4 is 18.9 Å². The van der Waals surface area contributed by atoms with E-state index >= 15 is 0 Å². The number of carbonyl (C=O) groups excluding carboxylic acids is 1. The highest BCUT2D eigenvalue weighted by Crippen LogP contribution is 2.35. The van der Waals surface area contributed by atoms with Gasteiger partial charge in [0.05, 0.1) is 5.56 Å². The van der Waals surface area contributed by atoms with Crippen LogP contribution in [0, 0.1) is 0 Å². The van der Waals surface area contributed by atoms with Gasteiger partial charge >= 0.3 is 5.97 Å². The van der Waals surface area contributed by atoms with Gasteiger partial charge in [-0.3, -0.25) is 4.79 Å². The number of carboxylic acid groups (broad SMARTS) is 1. The zero-order chi connectivity index (χ0) is 24.4. The van der Waals surface area contributed by atoms with E-state index in [9.17, 15) is 14.7 Å². The van der Waals surface area contributed by atoms with Crippen LogP contribution in [0.25, 0.3) is 10.8 Å². The molecule has 4 aromatic carbocycles. The monoisotopic (exact) mass is 470 g/mol. The first kappa shape index (κ1) is 22.3. The van der Waals surface area contributed by atoms with Gasteiger partial charge in [0.1, 0.15) is 18.1 Å². The molecule has 7 heteroatoms. The van der Waals surface area contributed by atoms with Gasteiger partial charge in [0.2, 0.25) is 12.9 Å². The molecule has 0 bridgehead atoms. The molecule has 0 fully saturated rings. The van der Waals surface area contributed by atoms with Gasteiger partial charge in [-0.05, 0) is 47.5 Å². The molecule has 0 saturated heterocycles. The predicted molar refractivity (Wildman–Crippen MR) is 128 cm³/mol. The molecule has 0 saturated carbocycles. The largest absolute Gasteiger partial charge is 0.489 e. The third kappa shape index (κ3) is 4.61. The molecule has 1 heterocycles. The van der Waals surface area contributed by atoms with Crippen molar-refractivity contribution in [2.75, 3.05) is 6.79 Å². The van der Waals surface area contributed by atoms with Crippen LogP contribution in [-0.4, -0.2) is 23.7 Å². The zero-order valence-electron chi connectivity index (χ0n) is 18.9. The summed E-state index contributed by atoms with van der Waals surface area (Å²) in [7, 11) is 0. The summed E-state index contributed by atoms with van der Waals surface area (Å²) in [6.45, 7) is 1.83. The number of carboxylic acids is 1. The maximum atomic E-state index is 12.3. The first-order valence-corrected chi connectivity index (χ1v) is 11.0. The lowest BCUT2D eigenvalue weighted by Gasteiger charge is -2.20. The molecule has 0 amide bonds. The normalized spacial score (nSPS) is 12.8. The van der Waals surface area contributed by atoms with Gasteiger partial charge < -0.3 is 24.1 Å². The van der Waals surface area contributed by atoms with E-state index in [1.54, 1.807) is 30.3 Å². The molecular weight excluding hydrogens is 448 g/mol. The second-order valence-corrected chi connectivity index (χ2v) is 8.09. The Hall–Kier alpha value is -4.52. The summed E-state index contributed by atoms with van der Waals surface area (Å²) < 4.78 is 22.6. The van der Waals surface area contributed by atoms with E-state index in [2.05, 4.69) is 0 Å². The molecule has 1 N–H and O–H groups in total. The topological polar surface area (TPSA) is 91.3 Å². The van der Waals surface area contributed by atoms with Crippen LogP contribution in [0.5, 0.6) is 23.0 Å². The van der Waals surface area contributed by atoms with Crippen LogP contribution >= 0.6 is 0 Å². The minimum Gasteiger partial charge on any atom is -0.489 e. The van der Waals surface area contributed by atoms with Crippen molar-refractivity contribution in [2.24, 2.45) is 0 Å². The number of fused-ring (bicyclic) bond motifs is 2. The number of ether oxygens (including phenoxy) is 4. The molecule has 7 nitrogen and oxygen atoms in total. The van der Waals surface area contributed by atoms with Crippen LogP contribution in [0.3, 0.4) is 0 Å². The molecule has 35 heavy (non-hydrogen) atoms. The fourth-order valence-electron chi connectivity index (χ4n) is 4.03. The summed E-state index contributed by atoms with van der Waals surface area (Å²) >= 11 is 0. The van der Waals surface area contributed by atoms with Crippen LogP contribution in [0.15, 0.2) is 78.9 Å². The molecule has 1 aliphatic heterocycles. The van der Waals surface area contributed by atoms with E-state index in [-0.39, 0.29) is 30.5 Å². The quantitative estimate of drug-likeness (QED) is 0.337. The standard InChI is InChI=1S/C28H22O7/c1-17(29)21-11-10-20(32-15-18-9-12-24-26(13-18)34-16-33-24)14-25(21)35-27(28(30)31)23-8-4-6-19-5-2-3-7-22(19)23/h2-14,27H,15-16H2,1H3,(H,30,31). The first-order chi connectivity index (χ1) is 17.0. The maximum Gasteiger partial charge on any atom is 0.349 e. The van der Waals surface area contributed by atoms with Crippen molar-refractivity contribution in [1.82, 2.24) is 0 Å². The van der Waals surface area contributed by atoms with Crippen molar-refractivity contribution in [3.63, 3.8) is 0 Å². The third-order valence-corrected chi connectivity index (χ3v) is 5.75. The van der Waals surface area contributed by atoms with Crippen LogP contribution in [0.4, 0.5) is 0 Å². The Morgan fingerprint density at radius 3 is 2.57 bits per heavy atom. The molecule has 0 spiro atoms.